The lowest BCUT2D eigenvalue weighted by atomic mass is 10.4. The van der Waals surface area contributed by atoms with Crippen molar-refractivity contribution < 1.29 is 0 Å². The van der Waals surface area contributed by atoms with Crippen LogP contribution in [0.1, 0.15) is 40.5 Å². The number of hydrogen-bond acceptors (Lipinski definition) is 1. The molecule has 0 bridgehead atoms. The molecule has 0 spiro atoms. The highest BCUT2D eigenvalue weighted by atomic mass is 32.2. The topological polar surface area (TPSA) is 0 Å². The maximum absolute atomic E-state index is 2.30. The van der Waals surface area contributed by atoms with Crippen LogP contribution in [0.15, 0.2) is 0 Å². The van der Waals surface area contributed by atoms with Crippen LogP contribution in [0, 0.1) is 0 Å². The summed E-state index contributed by atoms with van der Waals surface area (Å²) in [5.41, 5.74) is 0. The highest BCUT2D eigenvalue weighted by Crippen LogP contribution is 2.21. The predicted octanol–water partition coefficient (Wildman–Crippen LogP) is 3.32. The Morgan fingerprint density at radius 1 is 1.00 bits per heavy atom. The van der Waals surface area contributed by atoms with Gasteiger partial charge in [-0.3, -0.25) is 0 Å². The van der Waals surface area contributed by atoms with E-state index in [2.05, 4.69) is 39.5 Å². The van der Waals surface area contributed by atoms with Crippen molar-refractivity contribution in [1.29, 1.82) is 0 Å². The fraction of sp³-hybridized carbons (Fsp3) is 1.00. The molecule has 2 atom stereocenters. The average molecular weight is 146 g/mol. The average Bonchev–Trinajstić information content (AvgIpc) is 1.87. The molecule has 0 radical (unpaired) electrons. The van der Waals surface area contributed by atoms with Crippen LogP contribution in [0.25, 0.3) is 0 Å². The van der Waals surface area contributed by atoms with Gasteiger partial charge in [-0.05, 0) is 12.8 Å². The molecular formula is C8H18S. The van der Waals surface area contributed by atoms with Crippen LogP contribution in [0.3, 0.4) is 0 Å². The minimum atomic E-state index is 0.847. The van der Waals surface area contributed by atoms with Crippen LogP contribution in [-0.2, 0) is 0 Å². The maximum Gasteiger partial charge on any atom is 0.00187 e. The fourth-order valence-corrected chi connectivity index (χ4v) is 1.77. The lowest BCUT2D eigenvalue weighted by molar-refractivity contribution is 0.860. The Bertz CT molecular complexity index is 53.6. The standard InChI is InChI=1S/C8H18S/c1-5-7(3)9-8(4)6-2/h7-8H,5-6H2,1-4H3. The van der Waals surface area contributed by atoms with Crippen LogP contribution in [0.4, 0.5) is 0 Å². The molecule has 9 heavy (non-hydrogen) atoms. The van der Waals surface area contributed by atoms with Gasteiger partial charge in [0.1, 0.15) is 0 Å². The van der Waals surface area contributed by atoms with Crippen molar-refractivity contribution >= 4 is 11.8 Å². The Morgan fingerprint density at radius 2 is 1.33 bits per heavy atom. The van der Waals surface area contributed by atoms with Crippen LogP contribution in [-0.4, -0.2) is 10.5 Å². The molecule has 0 aliphatic carbocycles. The zero-order valence-corrected chi connectivity index (χ0v) is 7.79. The van der Waals surface area contributed by atoms with E-state index in [1.165, 1.54) is 12.8 Å². The van der Waals surface area contributed by atoms with Gasteiger partial charge in [0.15, 0.2) is 0 Å². The molecule has 0 aromatic heterocycles. The van der Waals surface area contributed by atoms with Gasteiger partial charge in [0, 0.05) is 10.5 Å². The number of rotatable bonds is 4. The Morgan fingerprint density at radius 3 is 1.56 bits per heavy atom. The van der Waals surface area contributed by atoms with Crippen molar-refractivity contribution in [3.63, 3.8) is 0 Å². The van der Waals surface area contributed by atoms with E-state index in [0.717, 1.165) is 10.5 Å². The van der Waals surface area contributed by atoms with Crippen LogP contribution in [0.2, 0.25) is 0 Å². The normalized spacial score (nSPS) is 17.3. The van der Waals surface area contributed by atoms with Gasteiger partial charge in [-0.2, -0.15) is 11.8 Å². The smallest absolute Gasteiger partial charge is 0.00187 e. The highest BCUT2D eigenvalue weighted by Gasteiger charge is 2.03. The summed E-state index contributed by atoms with van der Waals surface area (Å²) in [6, 6.07) is 0. The number of hydrogen-bond donors (Lipinski definition) is 0. The van der Waals surface area contributed by atoms with E-state index < -0.39 is 0 Å². The third-order valence-electron chi connectivity index (χ3n) is 1.61. The van der Waals surface area contributed by atoms with Crippen molar-refractivity contribution in [2.45, 2.75) is 51.0 Å². The van der Waals surface area contributed by atoms with Gasteiger partial charge in [-0.1, -0.05) is 27.7 Å². The molecule has 0 aliphatic heterocycles. The van der Waals surface area contributed by atoms with Gasteiger partial charge in [-0.25, -0.2) is 0 Å². The summed E-state index contributed by atoms with van der Waals surface area (Å²) in [6.45, 7) is 9.10. The lowest BCUT2D eigenvalue weighted by Gasteiger charge is -2.12. The molecule has 0 aliphatic rings. The summed E-state index contributed by atoms with van der Waals surface area (Å²) >= 11 is 2.10. The maximum atomic E-state index is 2.30. The van der Waals surface area contributed by atoms with Gasteiger partial charge in [0.2, 0.25) is 0 Å². The number of thioether (sulfide) groups is 1. The van der Waals surface area contributed by atoms with Crippen molar-refractivity contribution in [1.82, 2.24) is 0 Å². The molecule has 0 amide bonds. The van der Waals surface area contributed by atoms with Crippen LogP contribution in [0.5, 0.6) is 0 Å². The van der Waals surface area contributed by atoms with Crippen LogP contribution < -0.4 is 0 Å². The molecule has 0 aromatic rings. The molecule has 0 nitrogen and oxygen atoms in total. The summed E-state index contributed by atoms with van der Waals surface area (Å²) in [6.07, 6.45) is 2.60. The Kier molecular flexibility index (Phi) is 5.36. The van der Waals surface area contributed by atoms with Gasteiger partial charge < -0.3 is 0 Å². The van der Waals surface area contributed by atoms with E-state index in [9.17, 15) is 0 Å². The van der Waals surface area contributed by atoms with Crippen molar-refractivity contribution in [2.24, 2.45) is 0 Å². The first kappa shape index (κ1) is 9.35. The Labute approximate surface area is 63.4 Å². The van der Waals surface area contributed by atoms with Gasteiger partial charge in [-0.15, -0.1) is 0 Å². The molecule has 0 fully saturated rings. The molecule has 0 saturated carbocycles. The van der Waals surface area contributed by atoms with E-state index >= 15 is 0 Å². The molecule has 0 N–H and O–H groups in total. The summed E-state index contributed by atoms with van der Waals surface area (Å²) in [7, 11) is 0. The molecule has 56 valence electrons. The van der Waals surface area contributed by atoms with Gasteiger partial charge >= 0.3 is 0 Å². The minimum absolute atomic E-state index is 0.847. The van der Waals surface area contributed by atoms with Crippen LogP contribution >= 0.6 is 11.8 Å². The predicted molar refractivity (Wildman–Crippen MR) is 47.1 cm³/mol. The Balaban J connectivity index is 3.22. The van der Waals surface area contributed by atoms with E-state index in [-0.39, 0.29) is 0 Å². The van der Waals surface area contributed by atoms with Gasteiger partial charge in [0.25, 0.3) is 0 Å². The Hall–Kier alpha value is 0.350. The fourth-order valence-electron chi connectivity index (χ4n) is 0.589. The van der Waals surface area contributed by atoms with Gasteiger partial charge in [0.05, 0.1) is 0 Å². The van der Waals surface area contributed by atoms with E-state index in [1.807, 2.05) is 0 Å². The third kappa shape index (κ3) is 4.83. The third-order valence-corrected chi connectivity index (χ3v) is 3.21. The van der Waals surface area contributed by atoms with E-state index in [1.54, 1.807) is 0 Å². The monoisotopic (exact) mass is 146 g/mol. The molecule has 0 aromatic carbocycles. The zero-order chi connectivity index (χ0) is 7.28. The summed E-state index contributed by atoms with van der Waals surface area (Å²) in [5.74, 6) is 0. The first-order valence-electron chi connectivity index (χ1n) is 3.86. The van der Waals surface area contributed by atoms with Crippen molar-refractivity contribution in [3.8, 4) is 0 Å². The molecule has 1 heteroatoms. The summed E-state index contributed by atoms with van der Waals surface area (Å²) in [4.78, 5) is 0. The zero-order valence-electron chi connectivity index (χ0n) is 6.98. The minimum Gasteiger partial charge on any atom is -0.156 e. The molecule has 2 unspecified atom stereocenters. The van der Waals surface area contributed by atoms with Crippen molar-refractivity contribution in [3.05, 3.63) is 0 Å². The lowest BCUT2D eigenvalue weighted by Crippen LogP contribution is -2.01. The summed E-state index contributed by atoms with van der Waals surface area (Å²) < 4.78 is 0. The first-order valence-corrected chi connectivity index (χ1v) is 4.80. The molecular weight excluding hydrogens is 128 g/mol. The second-order valence-electron chi connectivity index (χ2n) is 2.57. The van der Waals surface area contributed by atoms with E-state index in [4.69, 9.17) is 0 Å². The highest BCUT2D eigenvalue weighted by molar-refractivity contribution is 8.00. The molecule has 0 heterocycles. The second kappa shape index (κ2) is 5.16. The molecule has 0 saturated heterocycles. The quantitative estimate of drug-likeness (QED) is 0.586. The second-order valence-corrected chi connectivity index (χ2v) is 4.46. The van der Waals surface area contributed by atoms with Crippen molar-refractivity contribution in [2.75, 3.05) is 0 Å². The summed E-state index contributed by atoms with van der Waals surface area (Å²) in [5, 5.41) is 1.69. The molecule has 0 rings (SSSR count). The van der Waals surface area contributed by atoms with E-state index in [0.29, 0.717) is 0 Å². The first-order chi connectivity index (χ1) is 4.20. The SMILES string of the molecule is CCC(C)SC(C)CC. The largest absolute Gasteiger partial charge is 0.156 e.